The second-order valence-electron chi connectivity index (χ2n) is 5.97. The lowest BCUT2D eigenvalue weighted by Gasteiger charge is -2.14. The molecular formula is C19H18ClIN2O3. The molecule has 3 rings (SSSR count). The smallest absolute Gasteiger partial charge is 0.257 e. The van der Waals surface area contributed by atoms with E-state index in [1.54, 1.807) is 36.4 Å². The Labute approximate surface area is 170 Å². The van der Waals surface area contributed by atoms with Crippen molar-refractivity contribution in [2.45, 2.75) is 18.9 Å². The highest BCUT2D eigenvalue weighted by Gasteiger charge is 2.19. The minimum Gasteiger partial charge on any atom is -0.376 e. The van der Waals surface area contributed by atoms with Crippen molar-refractivity contribution in [2.75, 3.05) is 18.5 Å². The van der Waals surface area contributed by atoms with E-state index in [0.29, 0.717) is 28.4 Å². The molecule has 0 saturated carbocycles. The number of ether oxygens (including phenoxy) is 1. The molecule has 2 aromatic rings. The van der Waals surface area contributed by atoms with Gasteiger partial charge in [0.05, 0.1) is 27.9 Å². The summed E-state index contributed by atoms with van der Waals surface area (Å²) < 4.78 is 6.43. The normalized spacial score (nSPS) is 16.3. The van der Waals surface area contributed by atoms with Crippen LogP contribution < -0.4 is 10.6 Å². The zero-order valence-electron chi connectivity index (χ0n) is 13.9. The third kappa shape index (κ3) is 4.75. The topological polar surface area (TPSA) is 67.4 Å². The third-order valence-electron chi connectivity index (χ3n) is 4.11. The molecule has 2 aromatic carbocycles. The van der Waals surface area contributed by atoms with Crippen LogP contribution in [0.15, 0.2) is 42.5 Å². The molecule has 1 atom stereocenters. The van der Waals surface area contributed by atoms with Crippen LogP contribution in [-0.2, 0) is 4.74 Å². The summed E-state index contributed by atoms with van der Waals surface area (Å²) in [4.78, 5) is 25.1. The number of halogens is 2. The van der Waals surface area contributed by atoms with Gasteiger partial charge in [-0.2, -0.15) is 0 Å². The van der Waals surface area contributed by atoms with E-state index in [0.717, 1.165) is 23.0 Å². The Balaban J connectivity index is 1.75. The average Bonchev–Trinajstić information content (AvgIpc) is 3.15. The van der Waals surface area contributed by atoms with Crippen molar-refractivity contribution < 1.29 is 14.3 Å². The molecule has 5 nitrogen and oxygen atoms in total. The fourth-order valence-corrected chi connectivity index (χ4v) is 3.47. The molecule has 1 aliphatic rings. The number of anilines is 1. The summed E-state index contributed by atoms with van der Waals surface area (Å²) in [6.45, 7) is 1.20. The van der Waals surface area contributed by atoms with Gasteiger partial charge in [0.2, 0.25) is 0 Å². The summed E-state index contributed by atoms with van der Waals surface area (Å²) in [5.74, 6) is -0.599. The van der Waals surface area contributed by atoms with Gasteiger partial charge in [0.1, 0.15) is 0 Å². The van der Waals surface area contributed by atoms with Gasteiger partial charge >= 0.3 is 0 Å². The molecule has 0 bridgehead atoms. The molecular weight excluding hydrogens is 467 g/mol. The Kier molecular flexibility index (Phi) is 6.50. The van der Waals surface area contributed by atoms with Gasteiger partial charge in [-0.05, 0) is 65.8 Å². The van der Waals surface area contributed by atoms with E-state index in [-0.39, 0.29) is 17.9 Å². The fraction of sp³-hybridized carbons (Fsp3) is 0.263. The van der Waals surface area contributed by atoms with E-state index < -0.39 is 0 Å². The summed E-state index contributed by atoms with van der Waals surface area (Å²) in [6, 6.07) is 12.1. The van der Waals surface area contributed by atoms with Gasteiger partial charge in [0.15, 0.2) is 0 Å². The quantitative estimate of drug-likeness (QED) is 0.628. The van der Waals surface area contributed by atoms with Crippen molar-refractivity contribution in [2.24, 2.45) is 0 Å². The molecule has 2 N–H and O–H groups in total. The lowest BCUT2D eigenvalue weighted by atomic mass is 10.1. The highest BCUT2D eigenvalue weighted by atomic mass is 127. The van der Waals surface area contributed by atoms with Crippen LogP contribution in [0.1, 0.15) is 33.6 Å². The Morgan fingerprint density at radius 1 is 1.15 bits per heavy atom. The van der Waals surface area contributed by atoms with Crippen LogP contribution in [-0.4, -0.2) is 31.1 Å². The second-order valence-corrected chi connectivity index (χ2v) is 7.62. The van der Waals surface area contributed by atoms with E-state index in [1.807, 2.05) is 6.07 Å². The lowest BCUT2D eigenvalue weighted by molar-refractivity contribution is 0.0858. The van der Waals surface area contributed by atoms with Crippen LogP contribution in [0.5, 0.6) is 0 Å². The maximum Gasteiger partial charge on any atom is 0.257 e. The minimum absolute atomic E-state index is 0.0582. The molecule has 26 heavy (non-hydrogen) atoms. The first-order chi connectivity index (χ1) is 12.5. The maximum atomic E-state index is 12.6. The molecule has 0 unspecified atom stereocenters. The number of rotatable bonds is 5. The van der Waals surface area contributed by atoms with Crippen molar-refractivity contribution in [3.63, 3.8) is 0 Å². The molecule has 1 heterocycles. The summed E-state index contributed by atoms with van der Waals surface area (Å²) in [5.41, 5.74) is 1.22. The predicted octanol–water partition coefficient (Wildman–Crippen LogP) is 4.11. The number of hydrogen-bond donors (Lipinski definition) is 2. The largest absolute Gasteiger partial charge is 0.376 e. The van der Waals surface area contributed by atoms with Crippen molar-refractivity contribution >= 4 is 51.7 Å². The first kappa shape index (κ1) is 19.1. The van der Waals surface area contributed by atoms with Gasteiger partial charge in [0.25, 0.3) is 11.8 Å². The molecule has 0 aromatic heterocycles. The predicted molar refractivity (Wildman–Crippen MR) is 110 cm³/mol. The average molecular weight is 485 g/mol. The molecule has 1 aliphatic heterocycles. The van der Waals surface area contributed by atoms with E-state index in [4.69, 9.17) is 16.3 Å². The number of amides is 2. The Hall–Kier alpha value is -1.64. The van der Waals surface area contributed by atoms with Gasteiger partial charge in [-0.3, -0.25) is 9.59 Å². The Morgan fingerprint density at radius 3 is 2.69 bits per heavy atom. The van der Waals surface area contributed by atoms with E-state index in [2.05, 4.69) is 33.2 Å². The molecule has 0 aliphatic carbocycles. The summed E-state index contributed by atoms with van der Waals surface area (Å²) >= 11 is 8.21. The van der Waals surface area contributed by atoms with Crippen LogP contribution in [0, 0.1) is 3.57 Å². The van der Waals surface area contributed by atoms with Gasteiger partial charge in [-0.15, -0.1) is 0 Å². The lowest BCUT2D eigenvalue weighted by Crippen LogP contribution is -2.32. The first-order valence-corrected chi connectivity index (χ1v) is 9.75. The number of nitrogens with one attached hydrogen (secondary N) is 2. The highest BCUT2D eigenvalue weighted by molar-refractivity contribution is 14.1. The van der Waals surface area contributed by atoms with Crippen molar-refractivity contribution in [1.82, 2.24) is 5.32 Å². The second kappa shape index (κ2) is 8.83. The van der Waals surface area contributed by atoms with Crippen LogP contribution in [0.4, 0.5) is 5.69 Å². The van der Waals surface area contributed by atoms with Gasteiger partial charge < -0.3 is 15.4 Å². The Morgan fingerprint density at radius 2 is 1.96 bits per heavy atom. The number of carbonyl (C=O) groups excluding carboxylic acids is 2. The molecule has 0 radical (unpaired) electrons. The number of hydrogen-bond acceptors (Lipinski definition) is 3. The Bertz CT molecular complexity index is 822. The van der Waals surface area contributed by atoms with Crippen LogP contribution in [0.3, 0.4) is 0 Å². The molecule has 136 valence electrons. The summed E-state index contributed by atoms with van der Waals surface area (Å²) in [6.07, 6.45) is 2.02. The number of carbonyl (C=O) groups is 2. The van der Waals surface area contributed by atoms with Crippen molar-refractivity contribution in [3.8, 4) is 0 Å². The maximum absolute atomic E-state index is 12.6. The van der Waals surface area contributed by atoms with Crippen LogP contribution in [0.25, 0.3) is 0 Å². The van der Waals surface area contributed by atoms with E-state index >= 15 is 0 Å². The van der Waals surface area contributed by atoms with Crippen molar-refractivity contribution in [1.29, 1.82) is 0 Å². The minimum atomic E-state index is -0.356. The standard InChI is InChI=1S/C19H18ClIN2O3/c20-16-6-2-1-5-14(16)19(25)23-17-8-7-12(21)10-15(17)18(24)22-11-13-4-3-9-26-13/h1-2,5-8,10,13H,3-4,9,11H2,(H,22,24)(H,23,25)/t13-/m0/s1. The summed E-state index contributed by atoms with van der Waals surface area (Å²) in [7, 11) is 0. The van der Waals surface area contributed by atoms with Crippen LogP contribution >= 0.6 is 34.2 Å². The third-order valence-corrected chi connectivity index (χ3v) is 5.11. The summed E-state index contributed by atoms with van der Waals surface area (Å²) in [5, 5.41) is 6.03. The monoisotopic (exact) mass is 484 g/mol. The fourth-order valence-electron chi connectivity index (χ4n) is 2.76. The molecule has 7 heteroatoms. The highest BCUT2D eigenvalue weighted by Crippen LogP contribution is 2.22. The number of benzene rings is 2. The molecule has 1 saturated heterocycles. The zero-order chi connectivity index (χ0) is 18.5. The zero-order valence-corrected chi connectivity index (χ0v) is 16.8. The SMILES string of the molecule is O=C(Nc1ccc(I)cc1C(=O)NC[C@@H]1CCCO1)c1ccccc1Cl. The van der Waals surface area contributed by atoms with Crippen molar-refractivity contribution in [3.05, 3.63) is 62.2 Å². The van der Waals surface area contributed by atoms with Gasteiger partial charge in [-0.1, -0.05) is 23.7 Å². The van der Waals surface area contributed by atoms with Gasteiger partial charge in [-0.25, -0.2) is 0 Å². The molecule has 0 spiro atoms. The molecule has 2 amide bonds. The van der Waals surface area contributed by atoms with Crippen LogP contribution in [0.2, 0.25) is 5.02 Å². The van der Waals surface area contributed by atoms with Gasteiger partial charge in [0, 0.05) is 16.7 Å². The van der Waals surface area contributed by atoms with E-state index in [1.165, 1.54) is 0 Å². The molecule has 1 fully saturated rings. The first-order valence-electron chi connectivity index (χ1n) is 8.30. The van der Waals surface area contributed by atoms with E-state index in [9.17, 15) is 9.59 Å².